The first-order valence-corrected chi connectivity index (χ1v) is 6.40. The Morgan fingerprint density at radius 1 is 1.46 bits per heavy atom. The van der Waals surface area contributed by atoms with E-state index in [1.54, 1.807) is 0 Å². The smallest absolute Gasteiger partial charge is 0.0731 e. The van der Waals surface area contributed by atoms with E-state index < -0.39 is 0 Å². The van der Waals surface area contributed by atoms with Gasteiger partial charge in [0, 0.05) is 24.1 Å². The summed E-state index contributed by atoms with van der Waals surface area (Å²) in [5.41, 5.74) is 0. The molecule has 0 amide bonds. The first-order chi connectivity index (χ1) is 6.29. The van der Waals surface area contributed by atoms with Gasteiger partial charge in [0.1, 0.15) is 0 Å². The molecular formula is C10H19NOS. The summed E-state index contributed by atoms with van der Waals surface area (Å²) >= 11 is 1.99. The van der Waals surface area contributed by atoms with Gasteiger partial charge in [0.05, 0.1) is 6.10 Å². The summed E-state index contributed by atoms with van der Waals surface area (Å²) < 4.78 is 0. The molecule has 1 aliphatic heterocycles. The first kappa shape index (κ1) is 9.81. The molecule has 2 fully saturated rings. The zero-order valence-corrected chi connectivity index (χ0v) is 9.09. The molecule has 0 aromatic heterocycles. The van der Waals surface area contributed by atoms with Crippen LogP contribution in [0.3, 0.4) is 0 Å². The van der Waals surface area contributed by atoms with E-state index in [0.717, 1.165) is 12.3 Å². The van der Waals surface area contributed by atoms with Gasteiger partial charge in [0.2, 0.25) is 0 Å². The summed E-state index contributed by atoms with van der Waals surface area (Å²) in [6.45, 7) is 1.14. The SMILES string of the molecule is CN1CCSCC1C(O)C1CCC1. The molecular weight excluding hydrogens is 182 g/mol. The van der Waals surface area contributed by atoms with Gasteiger partial charge in [0.15, 0.2) is 0 Å². The average Bonchev–Trinajstić information content (AvgIpc) is 2.01. The third kappa shape index (κ3) is 2.03. The van der Waals surface area contributed by atoms with Crippen molar-refractivity contribution in [3.05, 3.63) is 0 Å². The minimum absolute atomic E-state index is 0.0634. The van der Waals surface area contributed by atoms with Crippen molar-refractivity contribution in [1.29, 1.82) is 0 Å². The van der Waals surface area contributed by atoms with Crippen molar-refractivity contribution >= 4 is 11.8 Å². The second-order valence-corrected chi connectivity index (χ2v) is 5.45. The highest BCUT2D eigenvalue weighted by Crippen LogP contribution is 2.33. The van der Waals surface area contributed by atoms with Crippen LogP contribution in [-0.4, -0.2) is 47.3 Å². The summed E-state index contributed by atoms with van der Waals surface area (Å²) in [6, 6.07) is 0.420. The Morgan fingerprint density at radius 2 is 2.23 bits per heavy atom. The lowest BCUT2D eigenvalue weighted by molar-refractivity contribution is 0.00121. The summed E-state index contributed by atoms with van der Waals surface area (Å²) in [5, 5.41) is 10.1. The predicted octanol–water partition coefficient (Wildman–Crippen LogP) is 1.19. The molecule has 13 heavy (non-hydrogen) atoms. The number of hydrogen-bond acceptors (Lipinski definition) is 3. The van der Waals surface area contributed by atoms with E-state index in [4.69, 9.17) is 0 Å². The van der Waals surface area contributed by atoms with E-state index in [1.807, 2.05) is 11.8 Å². The van der Waals surface area contributed by atoms with Crippen LogP contribution < -0.4 is 0 Å². The molecule has 1 saturated heterocycles. The van der Waals surface area contributed by atoms with Crippen molar-refractivity contribution in [3.63, 3.8) is 0 Å². The normalized spacial score (nSPS) is 34.2. The number of rotatable bonds is 2. The third-order valence-corrected chi connectivity index (χ3v) is 4.52. The molecule has 2 aliphatic rings. The van der Waals surface area contributed by atoms with Crippen molar-refractivity contribution in [2.24, 2.45) is 5.92 Å². The molecule has 0 bridgehead atoms. The summed E-state index contributed by atoms with van der Waals surface area (Å²) in [6.07, 6.45) is 3.75. The highest BCUT2D eigenvalue weighted by Gasteiger charge is 2.34. The van der Waals surface area contributed by atoms with Crippen LogP contribution in [0.15, 0.2) is 0 Å². The third-order valence-electron chi connectivity index (χ3n) is 3.47. The van der Waals surface area contributed by atoms with Gasteiger partial charge in [-0.15, -0.1) is 0 Å². The maximum Gasteiger partial charge on any atom is 0.0731 e. The zero-order valence-electron chi connectivity index (χ0n) is 8.28. The fourth-order valence-corrected chi connectivity index (χ4v) is 3.44. The molecule has 2 rings (SSSR count). The lowest BCUT2D eigenvalue weighted by Gasteiger charge is -2.41. The molecule has 1 N–H and O–H groups in total. The Hall–Kier alpha value is 0.270. The van der Waals surface area contributed by atoms with Gasteiger partial charge in [-0.2, -0.15) is 11.8 Å². The molecule has 0 aromatic carbocycles. The predicted molar refractivity (Wildman–Crippen MR) is 57.1 cm³/mol. The maximum absolute atomic E-state index is 10.1. The number of likely N-dealkylation sites (N-methyl/N-ethyl adjacent to an activating group) is 1. The lowest BCUT2D eigenvalue weighted by atomic mass is 9.78. The Bertz CT molecular complexity index is 172. The van der Waals surface area contributed by atoms with E-state index in [9.17, 15) is 5.11 Å². The van der Waals surface area contributed by atoms with Crippen LogP contribution in [0.25, 0.3) is 0 Å². The summed E-state index contributed by atoms with van der Waals surface area (Å²) in [4.78, 5) is 2.33. The Labute approximate surface area is 84.7 Å². The van der Waals surface area contributed by atoms with Crippen LogP contribution in [0, 0.1) is 5.92 Å². The van der Waals surface area contributed by atoms with Gasteiger partial charge in [-0.1, -0.05) is 6.42 Å². The molecule has 2 nitrogen and oxygen atoms in total. The van der Waals surface area contributed by atoms with Crippen LogP contribution in [0.2, 0.25) is 0 Å². The lowest BCUT2D eigenvalue weighted by Crippen LogP contribution is -2.50. The second kappa shape index (κ2) is 4.20. The van der Waals surface area contributed by atoms with Crippen molar-refractivity contribution in [2.75, 3.05) is 25.1 Å². The van der Waals surface area contributed by atoms with Crippen LogP contribution in [-0.2, 0) is 0 Å². The molecule has 2 unspecified atom stereocenters. The summed E-state index contributed by atoms with van der Waals surface area (Å²) in [7, 11) is 2.15. The number of nitrogens with zero attached hydrogens (tertiary/aromatic N) is 1. The first-order valence-electron chi connectivity index (χ1n) is 5.25. The molecule has 1 saturated carbocycles. The minimum atomic E-state index is -0.0634. The number of aliphatic hydroxyl groups is 1. The van der Waals surface area contributed by atoms with Gasteiger partial charge in [0.25, 0.3) is 0 Å². The van der Waals surface area contributed by atoms with Crippen molar-refractivity contribution in [1.82, 2.24) is 4.90 Å². The molecule has 3 heteroatoms. The minimum Gasteiger partial charge on any atom is -0.391 e. The Morgan fingerprint density at radius 3 is 2.77 bits per heavy atom. The van der Waals surface area contributed by atoms with Crippen molar-refractivity contribution in [3.8, 4) is 0 Å². The average molecular weight is 201 g/mol. The Kier molecular flexibility index (Phi) is 3.17. The van der Waals surface area contributed by atoms with Gasteiger partial charge in [-0.05, 0) is 25.8 Å². The quantitative estimate of drug-likeness (QED) is 0.726. The van der Waals surface area contributed by atoms with Gasteiger partial charge in [-0.25, -0.2) is 0 Å². The number of hydrogen-bond donors (Lipinski definition) is 1. The van der Waals surface area contributed by atoms with Crippen LogP contribution in [0.5, 0.6) is 0 Å². The molecule has 1 heterocycles. The number of aliphatic hydroxyl groups excluding tert-OH is 1. The standard InChI is InChI=1S/C10H19NOS/c1-11-5-6-13-7-9(11)10(12)8-3-2-4-8/h8-10,12H,2-7H2,1H3. The highest BCUT2D eigenvalue weighted by molar-refractivity contribution is 7.99. The second-order valence-electron chi connectivity index (χ2n) is 4.30. The monoisotopic (exact) mass is 201 g/mol. The van der Waals surface area contributed by atoms with E-state index >= 15 is 0 Å². The van der Waals surface area contributed by atoms with Gasteiger partial charge in [-0.3, -0.25) is 4.90 Å². The van der Waals surface area contributed by atoms with Crippen molar-refractivity contribution < 1.29 is 5.11 Å². The van der Waals surface area contributed by atoms with E-state index in [0.29, 0.717) is 12.0 Å². The topological polar surface area (TPSA) is 23.5 Å². The zero-order chi connectivity index (χ0) is 9.26. The molecule has 2 atom stereocenters. The van der Waals surface area contributed by atoms with Crippen LogP contribution in [0.1, 0.15) is 19.3 Å². The molecule has 1 aliphatic carbocycles. The highest BCUT2D eigenvalue weighted by atomic mass is 32.2. The fraction of sp³-hybridized carbons (Fsp3) is 1.00. The largest absolute Gasteiger partial charge is 0.391 e. The van der Waals surface area contributed by atoms with Crippen LogP contribution in [0.4, 0.5) is 0 Å². The molecule has 0 radical (unpaired) electrons. The van der Waals surface area contributed by atoms with Crippen LogP contribution >= 0.6 is 11.8 Å². The Balaban J connectivity index is 1.88. The van der Waals surface area contributed by atoms with Gasteiger partial charge < -0.3 is 5.11 Å². The molecule has 76 valence electrons. The summed E-state index contributed by atoms with van der Waals surface area (Å²) in [5.74, 6) is 2.95. The molecule has 0 spiro atoms. The van der Waals surface area contributed by atoms with Crippen molar-refractivity contribution in [2.45, 2.75) is 31.4 Å². The van der Waals surface area contributed by atoms with Gasteiger partial charge >= 0.3 is 0 Å². The fourth-order valence-electron chi connectivity index (χ4n) is 2.16. The molecule has 0 aromatic rings. The van der Waals surface area contributed by atoms with E-state index in [-0.39, 0.29) is 6.10 Å². The van der Waals surface area contributed by atoms with E-state index in [1.165, 1.54) is 25.0 Å². The van der Waals surface area contributed by atoms with E-state index in [2.05, 4.69) is 11.9 Å². The number of thioether (sulfide) groups is 1. The maximum atomic E-state index is 10.1.